The van der Waals surface area contributed by atoms with Gasteiger partial charge in [-0.15, -0.1) is 10.2 Å². The van der Waals surface area contributed by atoms with Crippen molar-refractivity contribution in [3.8, 4) is 0 Å². The number of carbonyl (C=O) groups is 1. The molecule has 18 heavy (non-hydrogen) atoms. The van der Waals surface area contributed by atoms with E-state index in [4.69, 9.17) is 4.42 Å². The van der Waals surface area contributed by atoms with Gasteiger partial charge in [-0.3, -0.25) is 14.9 Å². The van der Waals surface area contributed by atoms with Crippen LogP contribution in [0.2, 0.25) is 0 Å². The number of non-ortho nitro benzene ring substituents is 1. The summed E-state index contributed by atoms with van der Waals surface area (Å²) in [6.07, 6.45) is 0. The number of carbonyl (C=O) groups excluding carboxylic acids is 1. The van der Waals surface area contributed by atoms with Crippen LogP contribution in [-0.2, 0) is 0 Å². The highest BCUT2D eigenvalue weighted by Crippen LogP contribution is 2.15. The van der Waals surface area contributed by atoms with Crippen LogP contribution in [0.4, 0.5) is 11.4 Å². The molecule has 0 fully saturated rings. The number of amides is 1. The Balaban J connectivity index is 2.10. The lowest BCUT2D eigenvalue weighted by Gasteiger charge is -2.01. The molecule has 1 heterocycles. The van der Waals surface area contributed by atoms with Gasteiger partial charge in [0.1, 0.15) is 0 Å². The van der Waals surface area contributed by atoms with Crippen LogP contribution in [0.5, 0.6) is 0 Å². The van der Waals surface area contributed by atoms with Gasteiger partial charge in [0.2, 0.25) is 5.89 Å². The third-order valence-electron chi connectivity index (χ3n) is 2.06. The highest BCUT2D eigenvalue weighted by atomic mass is 16.6. The van der Waals surface area contributed by atoms with Crippen molar-refractivity contribution >= 4 is 17.3 Å². The number of rotatable bonds is 3. The van der Waals surface area contributed by atoms with Crippen molar-refractivity contribution in [1.29, 1.82) is 0 Å². The first kappa shape index (κ1) is 11.7. The first-order chi connectivity index (χ1) is 8.56. The van der Waals surface area contributed by atoms with Gasteiger partial charge in [0.05, 0.1) is 4.92 Å². The van der Waals surface area contributed by atoms with Gasteiger partial charge in [0.25, 0.3) is 5.69 Å². The Morgan fingerprint density at radius 3 is 2.50 bits per heavy atom. The average molecular weight is 248 g/mol. The van der Waals surface area contributed by atoms with E-state index in [-0.39, 0.29) is 17.5 Å². The molecule has 8 heteroatoms. The van der Waals surface area contributed by atoms with Crippen molar-refractivity contribution in [2.24, 2.45) is 0 Å². The molecule has 0 saturated heterocycles. The van der Waals surface area contributed by atoms with Gasteiger partial charge in [0.15, 0.2) is 0 Å². The van der Waals surface area contributed by atoms with Crippen molar-refractivity contribution in [3.63, 3.8) is 0 Å². The second-order valence-electron chi connectivity index (χ2n) is 3.38. The highest BCUT2D eigenvalue weighted by Gasteiger charge is 2.13. The Bertz CT molecular complexity index is 590. The van der Waals surface area contributed by atoms with Gasteiger partial charge in [-0.1, -0.05) is 0 Å². The Hall–Kier alpha value is -2.77. The Morgan fingerprint density at radius 2 is 2.00 bits per heavy atom. The van der Waals surface area contributed by atoms with Crippen LogP contribution in [0, 0.1) is 17.0 Å². The van der Waals surface area contributed by atoms with Crippen molar-refractivity contribution in [3.05, 3.63) is 46.2 Å². The summed E-state index contributed by atoms with van der Waals surface area (Å²) in [5.74, 6) is -0.445. The predicted molar refractivity (Wildman–Crippen MR) is 60.1 cm³/mol. The van der Waals surface area contributed by atoms with Crippen molar-refractivity contribution in [2.45, 2.75) is 6.92 Å². The minimum absolute atomic E-state index is 0.0540. The molecule has 0 spiro atoms. The zero-order valence-corrected chi connectivity index (χ0v) is 9.28. The Morgan fingerprint density at radius 1 is 1.33 bits per heavy atom. The largest absolute Gasteiger partial charge is 0.417 e. The van der Waals surface area contributed by atoms with Gasteiger partial charge in [-0.05, 0) is 12.1 Å². The molecule has 0 unspecified atom stereocenters. The van der Waals surface area contributed by atoms with E-state index in [1.54, 1.807) is 6.92 Å². The van der Waals surface area contributed by atoms with Crippen LogP contribution in [0.1, 0.15) is 16.6 Å². The summed E-state index contributed by atoms with van der Waals surface area (Å²) in [5.41, 5.74) is 0.350. The second kappa shape index (κ2) is 4.62. The summed E-state index contributed by atoms with van der Waals surface area (Å²) in [5, 5.41) is 20.0. The van der Waals surface area contributed by atoms with E-state index < -0.39 is 10.8 Å². The summed E-state index contributed by atoms with van der Waals surface area (Å²) >= 11 is 0. The SMILES string of the molecule is Cc1nnc(C(=O)Nc2ccc([N+](=O)[O-])cc2)o1. The summed E-state index contributed by atoms with van der Waals surface area (Å²) in [6.45, 7) is 1.57. The number of nitrogens with zero attached hydrogens (tertiary/aromatic N) is 3. The number of nitro benzene ring substituents is 1. The predicted octanol–water partition coefficient (Wildman–Crippen LogP) is 1.54. The standard InChI is InChI=1S/C10H8N4O4/c1-6-12-13-10(18-6)9(15)11-7-2-4-8(5-3-7)14(16)17/h2-5H,1H3,(H,11,15). The molecule has 1 aromatic carbocycles. The maximum atomic E-state index is 11.6. The summed E-state index contributed by atoms with van der Waals surface area (Å²) in [7, 11) is 0. The van der Waals surface area contributed by atoms with Crippen LogP contribution in [0.25, 0.3) is 0 Å². The van der Waals surface area contributed by atoms with Gasteiger partial charge >= 0.3 is 11.8 Å². The Kier molecular flexibility index (Phi) is 3.00. The zero-order valence-electron chi connectivity index (χ0n) is 9.28. The fraction of sp³-hybridized carbons (Fsp3) is 0.100. The van der Waals surface area contributed by atoms with E-state index in [9.17, 15) is 14.9 Å². The van der Waals surface area contributed by atoms with Gasteiger partial charge in [-0.2, -0.15) is 0 Å². The lowest BCUT2D eigenvalue weighted by atomic mass is 10.3. The number of aromatic nitrogens is 2. The van der Waals surface area contributed by atoms with Crippen molar-refractivity contribution < 1.29 is 14.1 Å². The fourth-order valence-electron chi connectivity index (χ4n) is 1.24. The van der Waals surface area contributed by atoms with Crippen LogP contribution in [-0.4, -0.2) is 21.0 Å². The topological polar surface area (TPSA) is 111 Å². The monoisotopic (exact) mass is 248 g/mol. The molecule has 0 aliphatic rings. The molecule has 0 aliphatic carbocycles. The second-order valence-corrected chi connectivity index (χ2v) is 3.38. The molecule has 2 aromatic rings. The van der Waals surface area contributed by atoms with E-state index in [0.29, 0.717) is 5.69 Å². The number of hydrogen-bond acceptors (Lipinski definition) is 6. The minimum Gasteiger partial charge on any atom is -0.417 e. The molecule has 0 saturated carbocycles. The minimum atomic E-state index is -0.565. The molecule has 8 nitrogen and oxygen atoms in total. The zero-order chi connectivity index (χ0) is 13.1. The van der Waals surface area contributed by atoms with E-state index in [0.717, 1.165) is 0 Å². The fourth-order valence-corrected chi connectivity index (χ4v) is 1.24. The first-order valence-corrected chi connectivity index (χ1v) is 4.92. The molecule has 0 bridgehead atoms. The number of hydrogen-bond donors (Lipinski definition) is 1. The molecule has 1 N–H and O–H groups in total. The Labute approximate surface area is 101 Å². The summed E-state index contributed by atoms with van der Waals surface area (Å²) in [4.78, 5) is 21.5. The van der Waals surface area contributed by atoms with E-state index >= 15 is 0 Å². The smallest absolute Gasteiger partial charge is 0.313 e. The van der Waals surface area contributed by atoms with Crippen LogP contribution in [0.3, 0.4) is 0 Å². The van der Waals surface area contributed by atoms with Crippen LogP contribution < -0.4 is 5.32 Å². The van der Waals surface area contributed by atoms with Crippen molar-refractivity contribution in [1.82, 2.24) is 10.2 Å². The number of anilines is 1. The molecular formula is C10H8N4O4. The number of nitrogens with one attached hydrogen (secondary N) is 1. The molecule has 0 aliphatic heterocycles. The summed E-state index contributed by atoms with van der Waals surface area (Å²) in [6, 6.07) is 5.40. The molecule has 1 aromatic heterocycles. The third kappa shape index (κ3) is 2.48. The molecule has 1 amide bonds. The van der Waals surface area contributed by atoms with E-state index in [1.165, 1.54) is 24.3 Å². The van der Waals surface area contributed by atoms with Crippen molar-refractivity contribution in [2.75, 3.05) is 5.32 Å². The number of benzene rings is 1. The number of aryl methyl sites for hydroxylation is 1. The molecular weight excluding hydrogens is 240 g/mol. The normalized spacial score (nSPS) is 10.1. The van der Waals surface area contributed by atoms with Crippen LogP contribution in [0.15, 0.2) is 28.7 Å². The van der Waals surface area contributed by atoms with E-state index in [2.05, 4.69) is 15.5 Å². The maximum Gasteiger partial charge on any atom is 0.313 e. The molecule has 92 valence electrons. The van der Waals surface area contributed by atoms with E-state index in [1.807, 2.05) is 0 Å². The molecule has 2 rings (SSSR count). The average Bonchev–Trinajstić information content (AvgIpc) is 2.76. The van der Waals surface area contributed by atoms with Gasteiger partial charge < -0.3 is 9.73 Å². The first-order valence-electron chi connectivity index (χ1n) is 4.92. The summed E-state index contributed by atoms with van der Waals surface area (Å²) < 4.78 is 4.94. The quantitative estimate of drug-likeness (QED) is 0.651. The lowest BCUT2D eigenvalue weighted by molar-refractivity contribution is -0.384. The highest BCUT2D eigenvalue weighted by molar-refractivity contribution is 6.00. The molecule has 0 radical (unpaired) electrons. The van der Waals surface area contributed by atoms with Gasteiger partial charge in [-0.25, -0.2) is 0 Å². The third-order valence-corrected chi connectivity index (χ3v) is 2.06. The maximum absolute atomic E-state index is 11.6. The molecule has 0 atom stereocenters. The van der Waals surface area contributed by atoms with Gasteiger partial charge in [0, 0.05) is 24.7 Å². The number of nitro groups is 1. The lowest BCUT2D eigenvalue weighted by Crippen LogP contribution is -2.12. The van der Waals surface area contributed by atoms with Crippen LogP contribution >= 0.6 is 0 Å².